The van der Waals surface area contributed by atoms with Gasteiger partial charge in [-0.3, -0.25) is 0 Å². The number of methoxy groups -OCH3 is 1. The van der Waals surface area contributed by atoms with Crippen molar-refractivity contribution < 1.29 is 9.84 Å². The molecule has 0 bridgehead atoms. The van der Waals surface area contributed by atoms with Crippen LogP contribution in [-0.2, 0) is 4.74 Å². The number of aliphatic hydroxyl groups is 1. The summed E-state index contributed by atoms with van der Waals surface area (Å²) < 4.78 is 5.41. The van der Waals surface area contributed by atoms with Crippen molar-refractivity contribution in [2.45, 2.75) is 43.8 Å². The lowest BCUT2D eigenvalue weighted by Gasteiger charge is -2.33. The maximum absolute atomic E-state index is 9.72. The molecular weight excluding hydrogens is 140 g/mol. The summed E-state index contributed by atoms with van der Waals surface area (Å²) >= 11 is 0. The Morgan fingerprint density at radius 1 is 1.36 bits per heavy atom. The summed E-state index contributed by atoms with van der Waals surface area (Å²) in [6, 6.07) is 0. The molecular formula is C9H16O2. The molecule has 0 amide bonds. The van der Waals surface area contributed by atoms with E-state index in [0.717, 1.165) is 25.7 Å². The van der Waals surface area contributed by atoms with E-state index in [9.17, 15) is 5.11 Å². The zero-order valence-corrected chi connectivity index (χ0v) is 7.26. The van der Waals surface area contributed by atoms with E-state index in [1.807, 2.05) is 0 Å². The molecule has 2 fully saturated rings. The highest BCUT2D eigenvalue weighted by atomic mass is 16.5. The summed E-state index contributed by atoms with van der Waals surface area (Å²) in [6.07, 6.45) is 3.99. The third-order valence-electron chi connectivity index (χ3n) is 3.46. The van der Waals surface area contributed by atoms with Crippen LogP contribution in [0.3, 0.4) is 0 Å². The Hall–Kier alpha value is -0.0800. The Bertz CT molecular complexity index is 180. The lowest BCUT2D eigenvalue weighted by molar-refractivity contribution is -0.0539. The normalized spacial score (nSPS) is 55.4. The predicted octanol–water partition coefficient (Wildman–Crippen LogP) is 1.33. The van der Waals surface area contributed by atoms with E-state index in [1.54, 1.807) is 7.11 Å². The molecule has 2 nitrogen and oxygen atoms in total. The van der Waals surface area contributed by atoms with Crippen LogP contribution in [0, 0.1) is 5.92 Å². The van der Waals surface area contributed by atoms with Crippen molar-refractivity contribution in [2.75, 3.05) is 7.11 Å². The molecule has 3 unspecified atom stereocenters. The molecule has 2 aliphatic carbocycles. The smallest absolute Gasteiger partial charge is 0.0682 e. The molecule has 0 aromatic rings. The molecule has 0 aromatic carbocycles. The van der Waals surface area contributed by atoms with Gasteiger partial charge in [-0.05, 0) is 38.5 Å². The Morgan fingerprint density at radius 2 is 2.09 bits per heavy atom. The van der Waals surface area contributed by atoms with E-state index in [-0.39, 0.29) is 11.2 Å². The van der Waals surface area contributed by atoms with Gasteiger partial charge in [0.15, 0.2) is 0 Å². The van der Waals surface area contributed by atoms with Gasteiger partial charge in [0.25, 0.3) is 0 Å². The molecule has 3 atom stereocenters. The second-order valence-corrected chi connectivity index (χ2v) is 4.36. The molecule has 0 radical (unpaired) electrons. The van der Waals surface area contributed by atoms with E-state index in [4.69, 9.17) is 4.74 Å². The summed E-state index contributed by atoms with van der Waals surface area (Å²) in [5.74, 6) is 0.529. The fourth-order valence-corrected chi connectivity index (χ4v) is 2.23. The second-order valence-electron chi connectivity index (χ2n) is 4.36. The Kier molecular flexibility index (Phi) is 1.37. The van der Waals surface area contributed by atoms with Gasteiger partial charge in [-0.1, -0.05) is 0 Å². The first-order chi connectivity index (χ1) is 5.08. The van der Waals surface area contributed by atoms with Crippen LogP contribution in [0.1, 0.15) is 32.6 Å². The van der Waals surface area contributed by atoms with E-state index >= 15 is 0 Å². The van der Waals surface area contributed by atoms with E-state index in [1.165, 1.54) is 0 Å². The molecule has 0 spiro atoms. The van der Waals surface area contributed by atoms with Gasteiger partial charge < -0.3 is 9.84 Å². The first-order valence-corrected chi connectivity index (χ1v) is 4.36. The molecule has 0 saturated heterocycles. The van der Waals surface area contributed by atoms with Crippen molar-refractivity contribution in [3.8, 4) is 0 Å². The van der Waals surface area contributed by atoms with E-state index in [0.29, 0.717) is 5.92 Å². The molecule has 0 heterocycles. The number of hydrogen-bond acceptors (Lipinski definition) is 2. The minimum absolute atomic E-state index is 0.0490. The van der Waals surface area contributed by atoms with Gasteiger partial charge in [-0.25, -0.2) is 0 Å². The summed E-state index contributed by atoms with van der Waals surface area (Å²) in [5, 5.41) is 9.72. The van der Waals surface area contributed by atoms with Gasteiger partial charge in [-0.15, -0.1) is 0 Å². The molecule has 0 aromatic heterocycles. The Morgan fingerprint density at radius 3 is 2.64 bits per heavy atom. The highest BCUT2D eigenvalue weighted by molar-refractivity contribution is 5.10. The van der Waals surface area contributed by atoms with Crippen LogP contribution < -0.4 is 0 Å². The fourth-order valence-electron chi connectivity index (χ4n) is 2.23. The molecule has 1 N–H and O–H groups in total. The summed E-state index contributed by atoms with van der Waals surface area (Å²) in [6.45, 7) is 2.14. The van der Waals surface area contributed by atoms with Gasteiger partial charge in [-0.2, -0.15) is 0 Å². The molecule has 2 heteroatoms. The molecule has 64 valence electrons. The van der Waals surface area contributed by atoms with Gasteiger partial charge in [0.2, 0.25) is 0 Å². The van der Waals surface area contributed by atoms with Crippen LogP contribution in [0.2, 0.25) is 0 Å². The van der Waals surface area contributed by atoms with Crippen LogP contribution in [0.15, 0.2) is 0 Å². The van der Waals surface area contributed by atoms with Crippen molar-refractivity contribution in [1.29, 1.82) is 0 Å². The molecule has 11 heavy (non-hydrogen) atoms. The summed E-state index contributed by atoms with van der Waals surface area (Å²) in [7, 11) is 1.77. The molecule has 2 saturated carbocycles. The number of hydrogen-bond donors (Lipinski definition) is 1. The van der Waals surface area contributed by atoms with Crippen molar-refractivity contribution in [1.82, 2.24) is 0 Å². The van der Waals surface area contributed by atoms with Crippen LogP contribution in [-0.4, -0.2) is 23.4 Å². The quantitative estimate of drug-likeness (QED) is 0.620. The van der Waals surface area contributed by atoms with Crippen LogP contribution in [0.5, 0.6) is 0 Å². The first kappa shape index (κ1) is 7.56. The standard InChI is InChI=1S/C9H16O2/c1-8(11-2)3-4-9(10)6-7(9)5-8/h7,10H,3-6H2,1-2H3. The minimum atomic E-state index is -0.280. The zero-order chi connectivity index (χ0) is 8.11. The van der Waals surface area contributed by atoms with Crippen molar-refractivity contribution in [3.05, 3.63) is 0 Å². The van der Waals surface area contributed by atoms with Gasteiger partial charge in [0.05, 0.1) is 11.2 Å². The third kappa shape index (κ3) is 1.09. The summed E-state index contributed by atoms with van der Waals surface area (Å²) in [5.41, 5.74) is -0.231. The van der Waals surface area contributed by atoms with Crippen molar-refractivity contribution in [2.24, 2.45) is 5.92 Å². The highest BCUT2D eigenvalue weighted by Gasteiger charge is 2.58. The van der Waals surface area contributed by atoms with Crippen LogP contribution >= 0.6 is 0 Å². The van der Waals surface area contributed by atoms with Gasteiger partial charge in [0, 0.05) is 7.11 Å². The Balaban J connectivity index is 2.02. The molecule has 0 aliphatic heterocycles. The highest BCUT2D eigenvalue weighted by Crippen LogP contribution is 2.56. The fraction of sp³-hybridized carbons (Fsp3) is 1.00. The van der Waals surface area contributed by atoms with Gasteiger partial charge in [0.1, 0.15) is 0 Å². The molecule has 2 aliphatic rings. The lowest BCUT2D eigenvalue weighted by atomic mass is 9.85. The van der Waals surface area contributed by atoms with Crippen molar-refractivity contribution in [3.63, 3.8) is 0 Å². The average Bonchev–Trinajstić information content (AvgIpc) is 2.61. The van der Waals surface area contributed by atoms with Gasteiger partial charge >= 0.3 is 0 Å². The monoisotopic (exact) mass is 156 g/mol. The maximum Gasteiger partial charge on any atom is 0.0682 e. The number of fused-ring (bicyclic) bond motifs is 1. The second kappa shape index (κ2) is 1.99. The summed E-state index contributed by atoms with van der Waals surface area (Å²) in [4.78, 5) is 0. The Labute approximate surface area is 67.6 Å². The third-order valence-corrected chi connectivity index (χ3v) is 3.46. The topological polar surface area (TPSA) is 29.5 Å². The SMILES string of the molecule is COC1(C)CCC2(O)CC2C1. The number of ether oxygens (including phenoxy) is 1. The largest absolute Gasteiger partial charge is 0.390 e. The predicted molar refractivity (Wildman–Crippen MR) is 42.3 cm³/mol. The average molecular weight is 156 g/mol. The molecule has 2 rings (SSSR count). The zero-order valence-electron chi connectivity index (χ0n) is 7.26. The minimum Gasteiger partial charge on any atom is -0.390 e. The van der Waals surface area contributed by atoms with Crippen LogP contribution in [0.4, 0.5) is 0 Å². The van der Waals surface area contributed by atoms with E-state index in [2.05, 4.69) is 6.92 Å². The van der Waals surface area contributed by atoms with E-state index < -0.39 is 0 Å². The lowest BCUT2D eigenvalue weighted by Crippen LogP contribution is -2.35. The van der Waals surface area contributed by atoms with Crippen LogP contribution in [0.25, 0.3) is 0 Å². The first-order valence-electron chi connectivity index (χ1n) is 4.36. The maximum atomic E-state index is 9.72. The van der Waals surface area contributed by atoms with Crippen molar-refractivity contribution >= 4 is 0 Å². The number of rotatable bonds is 1.